The third-order valence-corrected chi connectivity index (χ3v) is 5.01. The Hall–Kier alpha value is -3.35. The lowest BCUT2D eigenvalue weighted by molar-refractivity contribution is -0.120. The number of nitrogen functional groups attached to an aromatic ring is 1. The molecule has 1 spiro atoms. The van der Waals surface area contributed by atoms with Crippen LogP contribution in [0.5, 0.6) is 0 Å². The van der Waals surface area contributed by atoms with Crippen LogP contribution in [0.4, 0.5) is 11.8 Å². The van der Waals surface area contributed by atoms with Crippen molar-refractivity contribution < 1.29 is 9.21 Å². The van der Waals surface area contributed by atoms with Gasteiger partial charge in [-0.25, -0.2) is 0 Å². The Bertz CT molecular complexity index is 1060. The SMILES string of the molecule is C=CCN1C(=O)[C@]2(c3ccccc3-c3oc(N)nc32)c2c1n[nH]c2C. The lowest BCUT2D eigenvalue weighted by atomic mass is 9.75. The zero-order chi connectivity index (χ0) is 17.3. The second kappa shape index (κ2) is 4.38. The van der Waals surface area contributed by atoms with Crippen LogP contribution in [0.1, 0.15) is 22.5 Å². The van der Waals surface area contributed by atoms with Crippen molar-refractivity contribution in [2.24, 2.45) is 0 Å². The average molecular weight is 333 g/mol. The number of aryl methyl sites for hydroxylation is 1. The number of aromatic nitrogens is 3. The van der Waals surface area contributed by atoms with E-state index in [0.717, 1.165) is 22.4 Å². The number of fused-ring (bicyclic) bond motifs is 7. The maximum atomic E-state index is 13.6. The van der Waals surface area contributed by atoms with Crippen molar-refractivity contribution in [2.75, 3.05) is 17.2 Å². The number of carbonyl (C=O) groups is 1. The molecule has 124 valence electrons. The lowest BCUT2D eigenvalue weighted by Crippen LogP contribution is -2.42. The molecule has 0 bridgehead atoms. The summed E-state index contributed by atoms with van der Waals surface area (Å²) in [6.45, 7) is 6.03. The molecule has 2 aliphatic rings. The summed E-state index contributed by atoms with van der Waals surface area (Å²) in [6, 6.07) is 7.73. The molecule has 3 aromatic rings. The number of hydrogen-bond acceptors (Lipinski definition) is 5. The molecule has 3 heterocycles. The van der Waals surface area contributed by atoms with Gasteiger partial charge in [0, 0.05) is 23.4 Å². The van der Waals surface area contributed by atoms with Gasteiger partial charge in [-0.3, -0.25) is 14.8 Å². The molecule has 5 rings (SSSR count). The van der Waals surface area contributed by atoms with Crippen molar-refractivity contribution in [1.29, 1.82) is 0 Å². The Morgan fingerprint density at radius 3 is 3.04 bits per heavy atom. The van der Waals surface area contributed by atoms with Gasteiger partial charge in [-0.15, -0.1) is 6.58 Å². The van der Waals surface area contributed by atoms with Crippen molar-refractivity contribution in [3.05, 3.63) is 59.4 Å². The number of nitrogens with one attached hydrogen (secondary N) is 1. The highest BCUT2D eigenvalue weighted by atomic mass is 16.4. The third-order valence-electron chi connectivity index (χ3n) is 5.01. The van der Waals surface area contributed by atoms with Crippen LogP contribution in [0.15, 0.2) is 41.3 Å². The minimum atomic E-state index is -1.08. The second-order valence-corrected chi connectivity index (χ2v) is 6.28. The van der Waals surface area contributed by atoms with Crippen molar-refractivity contribution in [1.82, 2.24) is 15.2 Å². The maximum absolute atomic E-state index is 13.6. The molecule has 0 fully saturated rings. The number of benzene rings is 1. The van der Waals surface area contributed by atoms with Gasteiger partial charge in [-0.05, 0) is 12.5 Å². The van der Waals surface area contributed by atoms with Crippen LogP contribution in [-0.4, -0.2) is 27.6 Å². The topological polar surface area (TPSA) is 101 Å². The van der Waals surface area contributed by atoms with Gasteiger partial charge in [0.1, 0.15) is 5.69 Å². The first-order chi connectivity index (χ1) is 12.1. The van der Waals surface area contributed by atoms with Crippen molar-refractivity contribution in [2.45, 2.75) is 12.3 Å². The van der Waals surface area contributed by atoms with Crippen LogP contribution in [-0.2, 0) is 10.2 Å². The van der Waals surface area contributed by atoms with Gasteiger partial charge in [0.25, 0.3) is 6.01 Å². The largest absolute Gasteiger partial charge is 0.423 e. The predicted molar refractivity (Wildman–Crippen MR) is 92.1 cm³/mol. The molecule has 0 saturated heterocycles. The van der Waals surface area contributed by atoms with Gasteiger partial charge in [0.15, 0.2) is 17.0 Å². The standard InChI is InChI=1S/C18H15N5O2/c1-3-8-23-15-12(9(2)21-22-15)18(16(23)24)11-7-5-4-6-10(11)13-14(18)20-17(19)25-13/h3-7H,1,8H2,2H3,(H2,19,20)(H,21,22)/t18-/m1/s1. The number of anilines is 2. The predicted octanol–water partition coefficient (Wildman–Crippen LogP) is 2.14. The molecule has 0 radical (unpaired) electrons. The Morgan fingerprint density at radius 2 is 2.24 bits per heavy atom. The molecule has 3 N–H and O–H groups in total. The molecule has 1 amide bonds. The molecule has 0 unspecified atom stereocenters. The number of oxazole rings is 1. The summed E-state index contributed by atoms with van der Waals surface area (Å²) in [7, 11) is 0. The fraction of sp³-hybridized carbons (Fsp3) is 0.167. The maximum Gasteiger partial charge on any atom is 0.292 e. The summed E-state index contributed by atoms with van der Waals surface area (Å²) in [5.41, 5.74) is 8.59. The lowest BCUT2D eigenvalue weighted by Gasteiger charge is -2.24. The van der Waals surface area contributed by atoms with E-state index in [1.807, 2.05) is 31.2 Å². The van der Waals surface area contributed by atoms with Gasteiger partial charge in [-0.1, -0.05) is 30.3 Å². The van der Waals surface area contributed by atoms with Crippen molar-refractivity contribution >= 4 is 17.7 Å². The molecule has 1 aliphatic carbocycles. The summed E-state index contributed by atoms with van der Waals surface area (Å²) >= 11 is 0. The smallest absolute Gasteiger partial charge is 0.292 e. The fourth-order valence-electron chi connectivity index (χ4n) is 4.14. The summed E-state index contributed by atoms with van der Waals surface area (Å²) in [5, 5.41) is 7.36. The quantitative estimate of drug-likeness (QED) is 0.700. The molecule has 1 aromatic carbocycles. The highest BCUT2D eigenvalue weighted by Crippen LogP contribution is 2.58. The molecular weight excluding hydrogens is 318 g/mol. The van der Waals surface area contributed by atoms with E-state index in [2.05, 4.69) is 21.8 Å². The number of nitrogens with zero attached hydrogens (tertiary/aromatic N) is 3. The molecule has 7 nitrogen and oxygen atoms in total. The van der Waals surface area contributed by atoms with Crippen LogP contribution in [0.25, 0.3) is 11.3 Å². The minimum Gasteiger partial charge on any atom is -0.423 e. The van der Waals surface area contributed by atoms with E-state index >= 15 is 0 Å². The molecule has 7 heteroatoms. The van der Waals surface area contributed by atoms with Gasteiger partial charge in [0.05, 0.1) is 0 Å². The highest BCUT2D eigenvalue weighted by Gasteiger charge is 2.62. The zero-order valence-corrected chi connectivity index (χ0v) is 13.5. The van der Waals surface area contributed by atoms with E-state index in [-0.39, 0.29) is 11.9 Å². The van der Waals surface area contributed by atoms with E-state index in [0.29, 0.717) is 23.8 Å². The number of aromatic amines is 1. The summed E-state index contributed by atoms with van der Waals surface area (Å²) in [4.78, 5) is 19.7. The molecule has 0 saturated carbocycles. The number of hydrogen-bond donors (Lipinski definition) is 2. The van der Waals surface area contributed by atoms with Crippen LogP contribution < -0.4 is 10.6 Å². The van der Waals surface area contributed by atoms with Gasteiger partial charge < -0.3 is 10.2 Å². The Labute approximate surface area is 143 Å². The average Bonchev–Trinajstić information content (AvgIpc) is 3.29. The second-order valence-electron chi connectivity index (χ2n) is 6.28. The number of carbonyl (C=O) groups excluding carboxylic acids is 1. The van der Waals surface area contributed by atoms with Crippen LogP contribution in [0, 0.1) is 6.92 Å². The fourth-order valence-corrected chi connectivity index (χ4v) is 4.14. The normalized spacial score (nSPS) is 20.0. The third kappa shape index (κ3) is 1.40. The number of nitrogens with two attached hydrogens (primary N) is 1. The first-order valence-corrected chi connectivity index (χ1v) is 7.95. The van der Waals surface area contributed by atoms with E-state index in [1.165, 1.54) is 0 Å². The Kier molecular flexibility index (Phi) is 2.46. The number of rotatable bonds is 2. The van der Waals surface area contributed by atoms with Gasteiger partial charge >= 0.3 is 0 Å². The minimum absolute atomic E-state index is 0.0524. The number of H-pyrrole nitrogens is 1. The van der Waals surface area contributed by atoms with Crippen LogP contribution in [0.3, 0.4) is 0 Å². The van der Waals surface area contributed by atoms with E-state index < -0.39 is 5.41 Å². The first kappa shape index (κ1) is 14.0. The van der Waals surface area contributed by atoms with E-state index in [9.17, 15) is 4.79 Å². The summed E-state index contributed by atoms with van der Waals surface area (Å²) < 4.78 is 5.66. The summed E-state index contributed by atoms with van der Waals surface area (Å²) in [6.07, 6.45) is 1.68. The Morgan fingerprint density at radius 1 is 1.44 bits per heavy atom. The van der Waals surface area contributed by atoms with Gasteiger partial charge in [0.2, 0.25) is 5.91 Å². The van der Waals surface area contributed by atoms with Crippen molar-refractivity contribution in [3.63, 3.8) is 0 Å². The van der Waals surface area contributed by atoms with Crippen LogP contribution >= 0.6 is 0 Å². The molecule has 1 aliphatic heterocycles. The van der Waals surface area contributed by atoms with E-state index in [1.54, 1.807) is 11.0 Å². The molecule has 1 atom stereocenters. The first-order valence-electron chi connectivity index (χ1n) is 7.95. The highest BCUT2D eigenvalue weighted by molar-refractivity contribution is 6.15. The monoisotopic (exact) mass is 333 g/mol. The number of amides is 1. The molecular formula is C18H15N5O2. The Balaban J connectivity index is 1.94. The summed E-state index contributed by atoms with van der Waals surface area (Å²) in [5.74, 6) is 1.04. The molecule has 2 aromatic heterocycles. The molecule has 25 heavy (non-hydrogen) atoms. The van der Waals surface area contributed by atoms with E-state index in [4.69, 9.17) is 10.2 Å². The van der Waals surface area contributed by atoms with Crippen molar-refractivity contribution in [3.8, 4) is 11.3 Å². The van der Waals surface area contributed by atoms with Gasteiger partial charge in [-0.2, -0.15) is 10.1 Å². The van der Waals surface area contributed by atoms with Crippen LogP contribution in [0.2, 0.25) is 0 Å². The zero-order valence-electron chi connectivity index (χ0n) is 13.5.